The largest absolute Gasteiger partial charge is 0.460 e. The van der Waals surface area contributed by atoms with E-state index in [1.807, 2.05) is 24.3 Å². The van der Waals surface area contributed by atoms with Gasteiger partial charge in [-0.3, -0.25) is 14.5 Å². The summed E-state index contributed by atoms with van der Waals surface area (Å²) in [5, 5.41) is 9.47. The molecule has 40 heavy (non-hydrogen) atoms. The molecule has 1 atom stereocenters. The predicted molar refractivity (Wildman–Crippen MR) is 151 cm³/mol. The number of anilines is 3. The average molecular weight is 545 g/mol. The number of carbonyl (C=O) groups is 2. The molecule has 0 radical (unpaired) electrons. The van der Waals surface area contributed by atoms with Crippen LogP contribution in [-0.2, 0) is 9.53 Å². The van der Waals surface area contributed by atoms with E-state index < -0.39 is 0 Å². The smallest absolute Gasteiger partial charge is 0.255 e. The van der Waals surface area contributed by atoms with Crippen LogP contribution < -0.4 is 20.7 Å². The minimum absolute atomic E-state index is 0.0713. The summed E-state index contributed by atoms with van der Waals surface area (Å²) in [6.45, 7) is 3.60. The zero-order chi connectivity index (χ0) is 28.1. The van der Waals surface area contributed by atoms with Gasteiger partial charge in [-0.25, -0.2) is 4.98 Å². The van der Waals surface area contributed by atoms with Gasteiger partial charge in [-0.15, -0.1) is 0 Å². The molecule has 1 saturated heterocycles. The molecule has 208 valence electrons. The molecule has 3 N–H and O–H groups in total. The number of likely N-dealkylation sites (tertiary alicyclic amines) is 1. The van der Waals surface area contributed by atoms with Gasteiger partial charge in [0.1, 0.15) is 17.1 Å². The van der Waals surface area contributed by atoms with Gasteiger partial charge in [0.15, 0.2) is 0 Å². The van der Waals surface area contributed by atoms with Crippen molar-refractivity contribution >= 4 is 40.1 Å². The van der Waals surface area contributed by atoms with E-state index >= 15 is 0 Å². The van der Waals surface area contributed by atoms with E-state index in [2.05, 4.69) is 30.8 Å². The van der Waals surface area contributed by atoms with Gasteiger partial charge in [0, 0.05) is 55.3 Å². The van der Waals surface area contributed by atoms with Gasteiger partial charge in [0.25, 0.3) is 5.91 Å². The third kappa shape index (κ3) is 6.22. The van der Waals surface area contributed by atoms with Crippen LogP contribution in [0.15, 0.2) is 59.1 Å². The van der Waals surface area contributed by atoms with Gasteiger partial charge in [0.2, 0.25) is 17.7 Å². The Balaban J connectivity index is 1.23. The van der Waals surface area contributed by atoms with Crippen molar-refractivity contribution in [2.45, 2.75) is 25.8 Å². The fourth-order valence-corrected chi connectivity index (χ4v) is 4.92. The number of aryl methyl sites for hydroxylation is 1. The number of carbonyl (C=O) groups excluding carboxylic acids is 2. The molecule has 3 heterocycles. The first-order chi connectivity index (χ1) is 19.4. The first-order valence-corrected chi connectivity index (χ1v) is 13.1. The lowest BCUT2D eigenvalue weighted by molar-refractivity contribution is -0.117. The van der Waals surface area contributed by atoms with E-state index in [1.165, 1.54) is 0 Å². The number of aromatic nitrogens is 2. The topological polar surface area (TPSA) is 131 Å². The fraction of sp³-hybridized carbons (Fsp3) is 0.310. The van der Waals surface area contributed by atoms with E-state index in [1.54, 1.807) is 51.5 Å². The zero-order valence-corrected chi connectivity index (χ0v) is 22.7. The molecule has 11 nitrogen and oxygen atoms in total. The van der Waals surface area contributed by atoms with Crippen LogP contribution >= 0.6 is 0 Å². The van der Waals surface area contributed by atoms with Crippen LogP contribution in [0.4, 0.5) is 17.3 Å². The summed E-state index contributed by atoms with van der Waals surface area (Å²) in [7, 11) is 3.27. The van der Waals surface area contributed by atoms with Gasteiger partial charge in [-0.1, -0.05) is 6.07 Å². The van der Waals surface area contributed by atoms with Crippen LogP contribution in [-0.4, -0.2) is 66.6 Å². The summed E-state index contributed by atoms with van der Waals surface area (Å²) in [4.78, 5) is 35.8. The van der Waals surface area contributed by atoms with E-state index in [0.717, 1.165) is 19.4 Å². The lowest BCUT2D eigenvalue weighted by atomic mass is 10.1. The van der Waals surface area contributed by atoms with Crippen molar-refractivity contribution in [3.8, 4) is 11.6 Å². The zero-order valence-electron chi connectivity index (χ0n) is 22.7. The number of ether oxygens (including phenoxy) is 2. The van der Waals surface area contributed by atoms with E-state index in [-0.39, 0.29) is 17.9 Å². The van der Waals surface area contributed by atoms with Crippen molar-refractivity contribution < 1.29 is 23.5 Å². The number of furan rings is 1. The summed E-state index contributed by atoms with van der Waals surface area (Å²) < 4.78 is 17.0. The standard InChI is InChI=1S/C29H32N6O5/c1-18-27(28(37)30-2)23-10-9-22(15-24(23)39-18)40-26-11-12-31-29(34-26)33-20-7-4-6-19(14-20)32-25(36)16-35-13-5-8-21(35)17-38-3/h4,6-7,9-12,14-15,21H,5,8,13,16-17H2,1-3H3,(H,30,37)(H,32,36)(H,31,33,34). The van der Waals surface area contributed by atoms with Crippen molar-refractivity contribution in [2.24, 2.45) is 0 Å². The molecular formula is C29H32N6O5. The lowest BCUT2D eigenvalue weighted by Gasteiger charge is -2.23. The number of hydrogen-bond acceptors (Lipinski definition) is 9. The third-order valence-corrected chi connectivity index (χ3v) is 6.75. The number of rotatable bonds is 10. The van der Waals surface area contributed by atoms with Gasteiger partial charge >= 0.3 is 0 Å². The molecule has 2 aromatic carbocycles. The molecule has 0 spiro atoms. The molecule has 0 saturated carbocycles. The molecule has 1 aliphatic heterocycles. The number of hydrogen-bond donors (Lipinski definition) is 3. The maximum absolute atomic E-state index is 12.7. The maximum atomic E-state index is 12.7. The average Bonchev–Trinajstić information content (AvgIpc) is 3.51. The van der Waals surface area contributed by atoms with Crippen LogP contribution in [0.25, 0.3) is 11.0 Å². The first-order valence-electron chi connectivity index (χ1n) is 13.1. The molecule has 1 aliphatic rings. The number of nitrogens with zero attached hydrogens (tertiary/aromatic N) is 3. The second kappa shape index (κ2) is 12.1. The Morgan fingerprint density at radius 2 is 2.00 bits per heavy atom. The summed E-state index contributed by atoms with van der Waals surface area (Å²) in [6.07, 6.45) is 3.69. The molecule has 5 rings (SSSR count). The molecule has 0 bridgehead atoms. The van der Waals surface area contributed by atoms with E-state index in [0.29, 0.717) is 64.4 Å². The van der Waals surface area contributed by atoms with Crippen molar-refractivity contribution in [1.29, 1.82) is 0 Å². The van der Waals surface area contributed by atoms with Gasteiger partial charge in [0.05, 0.1) is 18.7 Å². The van der Waals surface area contributed by atoms with Crippen molar-refractivity contribution in [2.75, 3.05) is 44.5 Å². The Hall–Kier alpha value is -4.48. The Labute approximate surface area is 231 Å². The second-order valence-electron chi connectivity index (χ2n) is 9.57. The number of methoxy groups -OCH3 is 1. The monoisotopic (exact) mass is 544 g/mol. The first kappa shape index (κ1) is 27.1. The SMILES string of the molecule is CNC(=O)c1c(C)oc2cc(Oc3ccnc(Nc4cccc(NC(=O)CN5CCCC5COC)c4)n3)ccc12. The summed E-state index contributed by atoms with van der Waals surface area (Å²) in [5.41, 5.74) is 2.42. The Morgan fingerprint density at radius 3 is 2.83 bits per heavy atom. The lowest BCUT2D eigenvalue weighted by Crippen LogP contribution is -2.38. The summed E-state index contributed by atoms with van der Waals surface area (Å²) >= 11 is 0. The van der Waals surface area contributed by atoms with Crippen LogP contribution in [0.3, 0.4) is 0 Å². The van der Waals surface area contributed by atoms with Gasteiger partial charge < -0.3 is 29.8 Å². The maximum Gasteiger partial charge on any atom is 0.255 e. The number of amides is 2. The Bertz CT molecular complexity index is 1520. The molecule has 2 aromatic heterocycles. The minimum Gasteiger partial charge on any atom is -0.460 e. The number of nitrogens with one attached hydrogen (secondary N) is 3. The highest BCUT2D eigenvalue weighted by atomic mass is 16.5. The Kier molecular flexibility index (Phi) is 8.23. The number of fused-ring (bicyclic) bond motifs is 1. The van der Waals surface area contributed by atoms with Crippen LogP contribution in [0.2, 0.25) is 0 Å². The highest BCUT2D eigenvalue weighted by molar-refractivity contribution is 6.07. The highest BCUT2D eigenvalue weighted by Gasteiger charge is 2.26. The van der Waals surface area contributed by atoms with Crippen molar-refractivity contribution in [3.63, 3.8) is 0 Å². The van der Waals surface area contributed by atoms with Gasteiger partial charge in [-0.2, -0.15) is 4.98 Å². The minimum atomic E-state index is -0.206. The third-order valence-electron chi connectivity index (χ3n) is 6.75. The molecule has 1 unspecified atom stereocenters. The van der Waals surface area contributed by atoms with Crippen LogP contribution in [0.5, 0.6) is 11.6 Å². The van der Waals surface area contributed by atoms with E-state index in [9.17, 15) is 9.59 Å². The molecule has 0 aliphatic carbocycles. The van der Waals surface area contributed by atoms with Crippen LogP contribution in [0.1, 0.15) is 29.0 Å². The predicted octanol–water partition coefficient (Wildman–Crippen LogP) is 4.48. The fourth-order valence-electron chi connectivity index (χ4n) is 4.92. The second-order valence-corrected chi connectivity index (χ2v) is 9.57. The summed E-state index contributed by atoms with van der Waals surface area (Å²) in [6, 6.07) is 14.5. The van der Waals surface area contributed by atoms with Crippen LogP contribution in [0, 0.1) is 6.92 Å². The molecule has 4 aromatic rings. The Morgan fingerprint density at radius 1 is 1.15 bits per heavy atom. The number of benzene rings is 2. The van der Waals surface area contributed by atoms with E-state index in [4.69, 9.17) is 13.9 Å². The molecule has 2 amide bonds. The quantitative estimate of drug-likeness (QED) is 0.265. The van der Waals surface area contributed by atoms with Crippen molar-refractivity contribution in [1.82, 2.24) is 20.2 Å². The summed E-state index contributed by atoms with van der Waals surface area (Å²) in [5.74, 6) is 1.42. The highest BCUT2D eigenvalue weighted by Crippen LogP contribution is 2.31. The molecular weight excluding hydrogens is 512 g/mol. The normalized spacial score (nSPS) is 15.2. The molecule has 1 fully saturated rings. The van der Waals surface area contributed by atoms with Gasteiger partial charge in [-0.05, 0) is 56.6 Å². The van der Waals surface area contributed by atoms with Crippen molar-refractivity contribution in [3.05, 3.63) is 66.1 Å². The molecule has 11 heteroatoms.